The van der Waals surface area contributed by atoms with Crippen molar-refractivity contribution < 1.29 is 14.3 Å². The number of halogens is 1. The fraction of sp³-hybridized carbons (Fsp3) is 0.389. The number of aliphatic hydroxyl groups is 1. The van der Waals surface area contributed by atoms with E-state index in [9.17, 15) is 14.3 Å². The van der Waals surface area contributed by atoms with Crippen molar-refractivity contribution in [2.75, 3.05) is 6.54 Å². The van der Waals surface area contributed by atoms with Gasteiger partial charge in [-0.15, -0.1) is 10.2 Å². The molecule has 1 amide bonds. The van der Waals surface area contributed by atoms with Crippen LogP contribution in [0, 0.1) is 11.7 Å². The predicted molar refractivity (Wildman–Crippen MR) is 93.1 cm³/mol. The van der Waals surface area contributed by atoms with E-state index in [1.165, 1.54) is 12.1 Å². The van der Waals surface area contributed by atoms with Gasteiger partial charge in [0.1, 0.15) is 23.7 Å². The first-order valence-corrected chi connectivity index (χ1v) is 8.60. The maximum absolute atomic E-state index is 13.8. The minimum absolute atomic E-state index is 0.0539. The maximum Gasteiger partial charge on any atom is 0.267 e. The molecule has 7 nitrogen and oxygen atoms in total. The molecule has 3 N–H and O–H groups in total. The highest BCUT2D eigenvalue weighted by atomic mass is 19.1. The fourth-order valence-electron chi connectivity index (χ4n) is 3.75. The summed E-state index contributed by atoms with van der Waals surface area (Å²) >= 11 is 0. The summed E-state index contributed by atoms with van der Waals surface area (Å²) < 4.78 is 15.6. The normalized spacial score (nSPS) is 22.8. The van der Waals surface area contributed by atoms with Gasteiger partial charge in [0.05, 0.1) is 6.10 Å². The molecule has 136 valence electrons. The molecule has 3 aromatic rings. The highest BCUT2D eigenvalue weighted by Crippen LogP contribution is 2.37. The topological polar surface area (TPSA) is 95.8 Å². The monoisotopic (exact) mass is 357 g/mol. The Balaban J connectivity index is 1.41. The summed E-state index contributed by atoms with van der Waals surface area (Å²) in [6.07, 6.45) is 2.48. The van der Waals surface area contributed by atoms with Crippen LogP contribution in [0.2, 0.25) is 0 Å². The summed E-state index contributed by atoms with van der Waals surface area (Å²) in [7, 11) is 1.88. The van der Waals surface area contributed by atoms with Crippen molar-refractivity contribution in [2.24, 2.45) is 13.0 Å². The van der Waals surface area contributed by atoms with Crippen LogP contribution in [0.3, 0.4) is 0 Å². The first-order chi connectivity index (χ1) is 12.5. The maximum atomic E-state index is 13.8. The molecule has 0 spiro atoms. The number of aryl methyl sites for hydroxylation is 1. The van der Waals surface area contributed by atoms with Gasteiger partial charge in [-0.1, -0.05) is 6.07 Å². The third-order valence-electron chi connectivity index (χ3n) is 5.15. The lowest BCUT2D eigenvalue weighted by Crippen LogP contribution is -2.32. The number of aromatic amines is 1. The number of carbonyl (C=O) groups excluding carboxylic acids is 1. The number of H-pyrrole nitrogens is 1. The second-order valence-electron chi connectivity index (χ2n) is 6.89. The van der Waals surface area contributed by atoms with Crippen molar-refractivity contribution in [2.45, 2.75) is 24.9 Å². The second-order valence-corrected chi connectivity index (χ2v) is 6.89. The molecule has 1 saturated carbocycles. The largest absolute Gasteiger partial charge is 0.393 e. The smallest absolute Gasteiger partial charge is 0.267 e. The number of aromatic nitrogens is 4. The number of benzene rings is 1. The number of nitrogens with one attached hydrogen (secondary N) is 2. The van der Waals surface area contributed by atoms with Gasteiger partial charge in [0.2, 0.25) is 0 Å². The summed E-state index contributed by atoms with van der Waals surface area (Å²) in [6.45, 7) is 0.353. The third-order valence-corrected chi connectivity index (χ3v) is 5.15. The highest BCUT2D eigenvalue weighted by molar-refractivity contribution is 5.98. The zero-order valence-corrected chi connectivity index (χ0v) is 14.3. The molecule has 8 heteroatoms. The summed E-state index contributed by atoms with van der Waals surface area (Å²) in [5.74, 6) is 0.248. The molecular weight excluding hydrogens is 337 g/mol. The Bertz CT molecular complexity index is 950. The Hall–Kier alpha value is -2.74. The average molecular weight is 357 g/mol. The molecule has 1 fully saturated rings. The first kappa shape index (κ1) is 16.7. The van der Waals surface area contributed by atoms with Crippen LogP contribution < -0.4 is 5.32 Å². The number of amides is 1. The van der Waals surface area contributed by atoms with Gasteiger partial charge in [0, 0.05) is 36.3 Å². The van der Waals surface area contributed by atoms with Gasteiger partial charge in [-0.05, 0) is 31.0 Å². The van der Waals surface area contributed by atoms with E-state index in [1.54, 1.807) is 18.5 Å². The Kier molecular flexibility index (Phi) is 4.20. The van der Waals surface area contributed by atoms with Crippen LogP contribution in [0.1, 0.15) is 35.1 Å². The molecular formula is C18H20FN5O2. The van der Waals surface area contributed by atoms with Crippen LogP contribution in [-0.4, -0.2) is 43.4 Å². The molecule has 2 aromatic heterocycles. The van der Waals surface area contributed by atoms with Crippen LogP contribution in [0.15, 0.2) is 30.6 Å². The van der Waals surface area contributed by atoms with Crippen molar-refractivity contribution in [3.63, 3.8) is 0 Å². The SMILES string of the molecule is Cn1cnnc1[C@H]1C[C@H](CNC(=O)c2cc3c(F)cccc3[nH]2)[C@H](O)C1. The first-order valence-electron chi connectivity index (χ1n) is 8.60. The van der Waals surface area contributed by atoms with Crippen molar-refractivity contribution >= 4 is 16.8 Å². The van der Waals surface area contributed by atoms with E-state index in [2.05, 4.69) is 20.5 Å². The number of nitrogens with zero attached hydrogens (tertiary/aromatic N) is 3. The minimum Gasteiger partial charge on any atom is -0.393 e. The lowest BCUT2D eigenvalue weighted by atomic mass is 10.0. The zero-order valence-electron chi connectivity index (χ0n) is 14.3. The number of hydrogen-bond acceptors (Lipinski definition) is 4. The molecule has 0 bridgehead atoms. The van der Waals surface area contributed by atoms with Gasteiger partial charge in [0.15, 0.2) is 0 Å². The lowest BCUT2D eigenvalue weighted by molar-refractivity contribution is 0.0912. The molecule has 0 radical (unpaired) electrons. The highest BCUT2D eigenvalue weighted by Gasteiger charge is 2.36. The molecule has 0 aliphatic heterocycles. The molecule has 3 atom stereocenters. The van der Waals surface area contributed by atoms with E-state index >= 15 is 0 Å². The van der Waals surface area contributed by atoms with Crippen LogP contribution in [0.4, 0.5) is 4.39 Å². The molecule has 0 unspecified atom stereocenters. The molecule has 26 heavy (non-hydrogen) atoms. The van der Waals surface area contributed by atoms with E-state index in [1.807, 2.05) is 11.6 Å². The van der Waals surface area contributed by atoms with Crippen LogP contribution in [0.5, 0.6) is 0 Å². The zero-order chi connectivity index (χ0) is 18.3. The number of fused-ring (bicyclic) bond motifs is 1. The standard InChI is InChI=1S/C18H20FN5O2/c1-24-9-21-23-17(24)10-5-11(16(25)6-10)8-20-18(26)15-7-12-13(19)3-2-4-14(12)22-15/h2-4,7,9-11,16,22,25H,5-6,8H2,1H3,(H,20,26)/t10-,11+,16+/m0/s1. The third kappa shape index (κ3) is 2.96. The molecule has 2 heterocycles. The molecule has 1 aromatic carbocycles. The van der Waals surface area contributed by atoms with Crippen molar-refractivity contribution in [3.05, 3.63) is 47.9 Å². The van der Waals surface area contributed by atoms with Crippen LogP contribution >= 0.6 is 0 Å². The summed E-state index contributed by atoms with van der Waals surface area (Å²) in [4.78, 5) is 15.3. The van der Waals surface area contributed by atoms with Gasteiger partial charge >= 0.3 is 0 Å². The van der Waals surface area contributed by atoms with Crippen molar-refractivity contribution in [3.8, 4) is 0 Å². The lowest BCUT2D eigenvalue weighted by Gasteiger charge is -2.14. The van der Waals surface area contributed by atoms with Gasteiger partial charge in [-0.25, -0.2) is 4.39 Å². The van der Waals surface area contributed by atoms with Crippen LogP contribution in [0.25, 0.3) is 10.9 Å². The Morgan fingerprint density at radius 1 is 1.46 bits per heavy atom. The number of hydrogen-bond donors (Lipinski definition) is 3. The Morgan fingerprint density at radius 2 is 2.31 bits per heavy atom. The second kappa shape index (κ2) is 6.53. The predicted octanol–water partition coefficient (Wildman–Crippen LogP) is 1.72. The quantitative estimate of drug-likeness (QED) is 0.662. The van der Waals surface area contributed by atoms with Gasteiger partial charge in [-0.3, -0.25) is 4.79 Å². The van der Waals surface area contributed by atoms with E-state index < -0.39 is 6.10 Å². The summed E-state index contributed by atoms with van der Waals surface area (Å²) in [5, 5.41) is 21.5. The molecule has 1 aliphatic rings. The molecule has 1 aliphatic carbocycles. The van der Waals surface area contributed by atoms with Crippen LogP contribution in [-0.2, 0) is 7.05 Å². The number of carbonyl (C=O) groups is 1. The number of rotatable bonds is 4. The van der Waals surface area contributed by atoms with E-state index in [0.29, 0.717) is 29.6 Å². The fourth-order valence-corrected chi connectivity index (χ4v) is 3.75. The average Bonchev–Trinajstić information content (AvgIpc) is 3.31. The minimum atomic E-state index is -0.503. The number of aliphatic hydroxyl groups excluding tert-OH is 1. The summed E-state index contributed by atoms with van der Waals surface area (Å²) in [5.41, 5.74) is 0.890. The van der Waals surface area contributed by atoms with E-state index in [-0.39, 0.29) is 23.6 Å². The van der Waals surface area contributed by atoms with E-state index in [0.717, 1.165) is 12.2 Å². The van der Waals surface area contributed by atoms with E-state index in [4.69, 9.17) is 0 Å². The summed E-state index contributed by atoms with van der Waals surface area (Å²) in [6, 6.07) is 6.19. The Morgan fingerprint density at radius 3 is 3.04 bits per heavy atom. The van der Waals surface area contributed by atoms with Gasteiger partial charge in [-0.2, -0.15) is 0 Å². The van der Waals surface area contributed by atoms with Crippen molar-refractivity contribution in [1.82, 2.24) is 25.1 Å². The van der Waals surface area contributed by atoms with Crippen molar-refractivity contribution in [1.29, 1.82) is 0 Å². The van der Waals surface area contributed by atoms with Gasteiger partial charge in [0.25, 0.3) is 5.91 Å². The molecule has 0 saturated heterocycles. The Labute approximate surface area is 149 Å². The van der Waals surface area contributed by atoms with Gasteiger partial charge < -0.3 is 20.0 Å². The molecule has 4 rings (SSSR count).